The molecule has 2 heterocycles. The summed E-state index contributed by atoms with van der Waals surface area (Å²) in [7, 11) is 2.41. The van der Waals surface area contributed by atoms with E-state index in [1.54, 1.807) is 10.7 Å². The number of rotatable bonds is 2. The molecule has 0 aromatic heterocycles. The molecule has 96 valence electrons. The summed E-state index contributed by atoms with van der Waals surface area (Å²) in [5, 5.41) is 0. The summed E-state index contributed by atoms with van der Waals surface area (Å²) in [6, 6.07) is -0.534. The summed E-state index contributed by atoms with van der Waals surface area (Å²) in [5.41, 5.74) is 0. The van der Waals surface area contributed by atoms with Gasteiger partial charge in [0.25, 0.3) is 0 Å². The van der Waals surface area contributed by atoms with Gasteiger partial charge in [-0.15, -0.1) is 6.58 Å². The van der Waals surface area contributed by atoms with Gasteiger partial charge < -0.3 is 4.67 Å². The first-order chi connectivity index (χ1) is 8.06. The minimum absolute atomic E-state index is 0.0397. The lowest BCUT2D eigenvalue weighted by atomic mass is 9.90. The SMILES string of the molecule is C=CC1CN(P)C(=O)C2CCCC1N2S(=O)O. The predicted molar refractivity (Wildman–Crippen MR) is 69.1 cm³/mol. The van der Waals surface area contributed by atoms with Gasteiger partial charge in [-0.05, 0) is 28.7 Å². The van der Waals surface area contributed by atoms with Crippen LogP contribution in [-0.2, 0) is 16.1 Å². The van der Waals surface area contributed by atoms with E-state index in [-0.39, 0.29) is 17.9 Å². The Kier molecular flexibility index (Phi) is 3.98. The fourth-order valence-corrected chi connectivity index (χ4v) is 4.05. The van der Waals surface area contributed by atoms with Crippen LogP contribution in [0.5, 0.6) is 0 Å². The third kappa shape index (κ3) is 2.32. The van der Waals surface area contributed by atoms with Crippen molar-refractivity contribution in [2.45, 2.75) is 31.3 Å². The fraction of sp³-hybridized carbons (Fsp3) is 0.700. The monoisotopic (exact) mass is 276 g/mol. The van der Waals surface area contributed by atoms with E-state index in [0.717, 1.165) is 12.8 Å². The van der Waals surface area contributed by atoms with E-state index in [0.29, 0.717) is 13.0 Å². The Morgan fingerprint density at radius 1 is 1.53 bits per heavy atom. The number of piperidine rings is 1. The van der Waals surface area contributed by atoms with Crippen molar-refractivity contribution in [1.82, 2.24) is 8.98 Å². The molecule has 2 aliphatic heterocycles. The topological polar surface area (TPSA) is 60.9 Å². The second-order valence-electron chi connectivity index (χ2n) is 4.49. The Morgan fingerprint density at radius 2 is 2.24 bits per heavy atom. The molecule has 0 radical (unpaired) electrons. The van der Waals surface area contributed by atoms with Gasteiger partial charge in [-0.25, -0.2) is 4.21 Å². The van der Waals surface area contributed by atoms with Crippen molar-refractivity contribution >= 4 is 26.6 Å². The molecule has 2 rings (SSSR count). The molecule has 0 aromatic rings. The van der Waals surface area contributed by atoms with Gasteiger partial charge in [0.15, 0.2) is 0 Å². The van der Waals surface area contributed by atoms with Crippen LogP contribution in [-0.4, -0.2) is 42.3 Å². The van der Waals surface area contributed by atoms with Crippen LogP contribution in [0.1, 0.15) is 19.3 Å². The summed E-state index contributed by atoms with van der Waals surface area (Å²) >= 11 is -2.10. The zero-order valence-electron chi connectivity index (χ0n) is 9.49. The minimum Gasteiger partial charge on any atom is -0.325 e. The zero-order valence-corrected chi connectivity index (χ0v) is 11.5. The molecule has 0 spiro atoms. The third-order valence-electron chi connectivity index (χ3n) is 3.56. The molecule has 2 bridgehead atoms. The van der Waals surface area contributed by atoms with E-state index in [1.807, 2.05) is 0 Å². The molecule has 5 nitrogen and oxygen atoms in total. The maximum Gasteiger partial charge on any atom is 0.243 e. The van der Waals surface area contributed by atoms with Crippen LogP contribution in [0.3, 0.4) is 0 Å². The summed E-state index contributed by atoms with van der Waals surface area (Å²) in [6.45, 7) is 4.32. The average molecular weight is 276 g/mol. The first-order valence-electron chi connectivity index (χ1n) is 5.64. The van der Waals surface area contributed by atoms with Crippen molar-refractivity contribution in [3.63, 3.8) is 0 Å². The standard InChI is InChI=1S/C10H17N2O3PS/c1-2-7-6-11(16)10(13)9-5-3-4-8(7)12(9)17(14)15/h2,7-9H,1,3-6,16H2,(H,14,15). The molecule has 17 heavy (non-hydrogen) atoms. The Labute approximate surface area is 106 Å². The number of amides is 1. The molecule has 0 saturated carbocycles. The summed E-state index contributed by atoms with van der Waals surface area (Å²) in [4.78, 5) is 12.1. The number of fused-ring (bicyclic) bond motifs is 2. The van der Waals surface area contributed by atoms with Crippen LogP contribution in [0.4, 0.5) is 0 Å². The van der Waals surface area contributed by atoms with Crippen LogP contribution in [0.15, 0.2) is 12.7 Å². The van der Waals surface area contributed by atoms with Gasteiger partial charge in [0.1, 0.15) is 6.04 Å². The maximum atomic E-state index is 12.1. The molecule has 0 aromatic carbocycles. The largest absolute Gasteiger partial charge is 0.325 e. The Balaban J connectivity index is 2.40. The van der Waals surface area contributed by atoms with Gasteiger partial charge in [0.2, 0.25) is 17.2 Å². The summed E-state index contributed by atoms with van der Waals surface area (Å²) in [5.74, 6) is -0.0516. The lowest BCUT2D eigenvalue weighted by Gasteiger charge is -2.37. The highest BCUT2D eigenvalue weighted by molar-refractivity contribution is 7.76. The van der Waals surface area contributed by atoms with Crippen LogP contribution in [0, 0.1) is 5.92 Å². The predicted octanol–water partition coefficient (Wildman–Crippen LogP) is 0.781. The third-order valence-corrected chi connectivity index (χ3v) is 4.92. The molecule has 1 amide bonds. The Morgan fingerprint density at radius 3 is 2.82 bits per heavy atom. The average Bonchev–Trinajstić information content (AvgIpc) is 2.38. The van der Waals surface area contributed by atoms with E-state index in [9.17, 15) is 13.6 Å². The normalized spacial score (nSPS) is 36.5. The van der Waals surface area contributed by atoms with Gasteiger partial charge in [0.05, 0.1) is 0 Å². The van der Waals surface area contributed by atoms with Crippen LogP contribution in [0.2, 0.25) is 0 Å². The van der Waals surface area contributed by atoms with Gasteiger partial charge in [-0.3, -0.25) is 9.35 Å². The van der Waals surface area contributed by atoms with Crippen LogP contribution in [0.25, 0.3) is 0 Å². The second-order valence-corrected chi connectivity index (χ2v) is 6.00. The Bertz CT molecular complexity index is 365. The highest BCUT2D eigenvalue weighted by Crippen LogP contribution is 2.34. The van der Waals surface area contributed by atoms with E-state index in [2.05, 4.69) is 16.0 Å². The number of hydrogen-bond donors (Lipinski definition) is 1. The quantitative estimate of drug-likeness (QED) is 0.460. The van der Waals surface area contributed by atoms with Crippen molar-refractivity contribution in [1.29, 1.82) is 0 Å². The van der Waals surface area contributed by atoms with E-state index < -0.39 is 17.3 Å². The molecule has 1 N–H and O–H groups in total. The smallest absolute Gasteiger partial charge is 0.243 e. The van der Waals surface area contributed by atoms with Gasteiger partial charge in [-0.2, -0.15) is 4.31 Å². The van der Waals surface area contributed by atoms with Gasteiger partial charge >= 0.3 is 0 Å². The Hall–Kier alpha value is -0.290. The number of carbonyl (C=O) groups is 1. The maximum absolute atomic E-state index is 12.1. The highest BCUT2D eigenvalue weighted by Gasteiger charge is 2.45. The molecule has 7 heteroatoms. The lowest BCUT2D eigenvalue weighted by molar-refractivity contribution is -0.130. The summed E-state index contributed by atoms with van der Waals surface area (Å²) < 4.78 is 23.9. The van der Waals surface area contributed by atoms with E-state index in [4.69, 9.17) is 0 Å². The molecule has 0 aliphatic carbocycles. The zero-order chi connectivity index (χ0) is 12.6. The van der Waals surface area contributed by atoms with Crippen molar-refractivity contribution in [3.8, 4) is 0 Å². The first-order valence-corrected chi connectivity index (χ1v) is 7.22. The number of nitrogens with zero attached hydrogens (tertiary/aromatic N) is 2. The molecule has 5 atom stereocenters. The molecule has 5 unspecified atom stereocenters. The first kappa shape index (κ1) is 13.1. The van der Waals surface area contributed by atoms with Crippen molar-refractivity contribution in [2.75, 3.05) is 6.54 Å². The minimum atomic E-state index is -2.10. The number of hydrogen-bond acceptors (Lipinski definition) is 2. The highest BCUT2D eigenvalue weighted by atomic mass is 32.2. The molecular formula is C10H17N2O3PS. The molecule has 2 fully saturated rings. The number of carbonyl (C=O) groups excluding carboxylic acids is 1. The molecule has 2 saturated heterocycles. The van der Waals surface area contributed by atoms with Crippen LogP contribution >= 0.6 is 9.39 Å². The van der Waals surface area contributed by atoms with Crippen LogP contribution < -0.4 is 0 Å². The van der Waals surface area contributed by atoms with Crippen molar-refractivity contribution < 1.29 is 13.6 Å². The molecular weight excluding hydrogens is 259 g/mol. The van der Waals surface area contributed by atoms with Gasteiger partial charge in [0, 0.05) is 18.5 Å². The fourth-order valence-electron chi connectivity index (χ4n) is 2.73. The summed E-state index contributed by atoms with van der Waals surface area (Å²) in [6.07, 6.45) is 4.18. The second kappa shape index (κ2) is 5.14. The van der Waals surface area contributed by atoms with E-state index >= 15 is 0 Å². The molecule has 2 aliphatic rings. The van der Waals surface area contributed by atoms with E-state index in [1.165, 1.54) is 4.31 Å². The van der Waals surface area contributed by atoms with Crippen molar-refractivity contribution in [2.24, 2.45) is 5.92 Å². The lowest BCUT2D eigenvalue weighted by Crippen LogP contribution is -2.52. The van der Waals surface area contributed by atoms with Crippen molar-refractivity contribution in [3.05, 3.63) is 12.7 Å². The van der Waals surface area contributed by atoms with Gasteiger partial charge in [-0.1, -0.05) is 6.08 Å².